The topological polar surface area (TPSA) is 187 Å². The normalized spacial score (nSPS) is 20.2. The summed E-state index contributed by atoms with van der Waals surface area (Å²) in [6.07, 6.45) is -0.371. The lowest BCUT2D eigenvalue weighted by Crippen LogP contribution is -2.43. The number of halogens is 1. The number of carboxylic acid groups (broad SMARTS) is 1. The van der Waals surface area contributed by atoms with Crippen LogP contribution in [0.25, 0.3) is 11.2 Å². The molecule has 1 aliphatic rings. The van der Waals surface area contributed by atoms with E-state index in [9.17, 15) is 19.8 Å². The second kappa shape index (κ2) is 12.5. The van der Waals surface area contributed by atoms with Crippen molar-refractivity contribution in [1.82, 2.24) is 24.8 Å². The number of benzene rings is 2. The molecule has 41 heavy (non-hydrogen) atoms. The number of carbonyl (C=O) groups excluding carboxylic acids is 1. The van der Waals surface area contributed by atoms with Crippen LogP contribution in [0.15, 0.2) is 61.2 Å². The number of aliphatic hydroxyl groups excluding tert-OH is 1. The number of aliphatic hydroxyl groups is 1. The monoisotopic (exact) mass is 581 g/mol. The molecular weight excluding hydrogens is 554 g/mol. The van der Waals surface area contributed by atoms with Gasteiger partial charge in [-0.2, -0.15) is 0 Å². The SMILES string of the molecule is NC1C(C(=O)O)OC(n2cnc3c(NCc4cc(Cl)ccc4OCC(=O)NCCc4ccccc4)ncnc32)C1O. The number of rotatable bonds is 11. The molecule has 0 spiro atoms. The Hall–Kier alpha value is -4.30. The number of ether oxygens (including phenoxy) is 2. The standard InChI is InChI=1S/C27H28ClN7O6/c28-17-6-7-18(40-12-19(36)30-9-8-15-4-2-1-3-5-15)16(10-17)11-31-24-21-25(33-13-32-24)35(14-34-21)26-22(37)20(29)23(41-26)27(38)39/h1-7,10,13-14,20,22-23,26,37H,8-9,11-12,29H2,(H,30,36)(H,38,39)(H,31,32,33). The second-order valence-electron chi connectivity index (χ2n) is 9.38. The van der Waals surface area contributed by atoms with Gasteiger partial charge in [0.1, 0.15) is 18.2 Å². The minimum absolute atomic E-state index is 0.172. The van der Waals surface area contributed by atoms with Gasteiger partial charge < -0.3 is 36.1 Å². The van der Waals surface area contributed by atoms with Crippen LogP contribution in [0.3, 0.4) is 0 Å². The predicted octanol–water partition coefficient (Wildman–Crippen LogP) is 1.50. The number of carboxylic acids is 1. The Morgan fingerprint density at radius 3 is 2.71 bits per heavy atom. The van der Waals surface area contributed by atoms with Gasteiger partial charge in [-0.25, -0.2) is 19.7 Å². The summed E-state index contributed by atoms with van der Waals surface area (Å²) in [6.45, 7) is 0.539. The van der Waals surface area contributed by atoms with Crippen LogP contribution in [0, 0.1) is 0 Å². The van der Waals surface area contributed by atoms with Gasteiger partial charge in [-0.15, -0.1) is 0 Å². The summed E-state index contributed by atoms with van der Waals surface area (Å²) in [7, 11) is 0. The van der Waals surface area contributed by atoms with E-state index in [0.717, 1.165) is 5.56 Å². The van der Waals surface area contributed by atoms with Gasteiger partial charge in [-0.05, 0) is 30.2 Å². The lowest BCUT2D eigenvalue weighted by molar-refractivity contribution is -0.152. The van der Waals surface area contributed by atoms with E-state index in [1.54, 1.807) is 18.2 Å². The van der Waals surface area contributed by atoms with Gasteiger partial charge in [0, 0.05) is 23.7 Å². The smallest absolute Gasteiger partial charge is 0.334 e. The summed E-state index contributed by atoms with van der Waals surface area (Å²) < 4.78 is 12.7. The highest BCUT2D eigenvalue weighted by atomic mass is 35.5. The number of nitrogens with two attached hydrogens (primary N) is 1. The highest BCUT2D eigenvalue weighted by molar-refractivity contribution is 6.30. The van der Waals surface area contributed by atoms with Gasteiger partial charge in [-0.1, -0.05) is 41.9 Å². The summed E-state index contributed by atoms with van der Waals surface area (Å²) in [4.78, 5) is 36.6. The van der Waals surface area contributed by atoms with Crippen LogP contribution in [-0.2, 0) is 27.3 Å². The van der Waals surface area contributed by atoms with Crippen LogP contribution < -0.4 is 21.1 Å². The van der Waals surface area contributed by atoms with Gasteiger partial charge in [0.25, 0.3) is 5.91 Å². The van der Waals surface area contributed by atoms with E-state index >= 15 is 0 Å². The lowest BCUT2D eigenvalue weighted by Gasteiger charge is -2.16. The van der Waals surface area contributed by atoms with Gasteiger partial charge in [-0.3, -0.25) is 9.36 Å². The zero-order chi connectivity index (χ0) is 28.9. The third kappa shape index (κ3) is 6.38. The van der Waals surface area contributed by atoms with Crippen molar-refractivity contribution < 1.29 is 29.3 Å². The summed E-state index contributed by atoms with van der Waals surface area (Å²) in [6, 6.07) is 13.8. The Morgan fingerprint density at radius 2 is 1.95 bits per heavy atom. The average molecular weight is 582 g/mol. The molecule has 1 saturated heterocycles. The number of aliphatic carboxylic acids is 1. The number of hydrogen-bond donors (Lipinski definition) is 5. The summed E-state index contributed by atoms with van der Waals surface area (Å²) in [5.41, 5.74) is 8.31. The average Bonchev–Trinajstić information content (AvgIpc) is 3.52. The maximum Gasteiger partial charge on any atom is 0.334 e. The highest BCUT2D eigenvalue weighted by Crippen LogP contribution is 2.32. The molecule has 4 atom stereocenters. The molecule has 5 rings (SSSR count). The number of nitrogens with one attached hydrogen (secondary N) is 2. The van der Waals surface area contributed by atoms with Crippen LogP contribution >= 0.6 is 11.6 Å². The molecule has 0 aliphatic carbocycles. The third-order valence-corrected chi connectivity index (χ3v) is 6.84. The summed E-state index contributed by atoms with van der Waals surface area (Å²) in [5, 5.41) is 26.3. The molecule has 1 fully saturated rings. The van der Waals surface area contributed by atoms with Crippen molar-refractivity contribution >= 4 is 40.5 Å². The second-order valence-corrected chi connectivity index (χ2v) is 9.82. The number of aromatic nitrogens is 4. The molecule has 2 aromatic carbocycles. The highest BCUT2D eigenvalue weighted by Gasteiger charge is 2.46. The van der Waals surface area contributed by atoms with Crippen molar-refractivity contribution in [2.75, 3.05) is 18.5 Å². The van der Waals surface area contributed by atoms with E-state index in [1.807, 2.05) is 30.3 Å². The Balaban J connectivity index is 1.24. The van der Waals surface area contributed by atoms with Crippen molar-refractivity contribution in [3.8, 4) is 5.75 Å². The van der Waals surface area contributed by atoms with Gasteiger partial charge >= 0.3 is 5.97 Å². The molecule has 3 heterocycles. The maximum atomic E-state index is 12.3. The Labute approximate surface area is 239 Å². The van der Waals surface area contributed by atoms with Crippen molar-refractivity contribution in [2.24, 2.45) is 5.73 Å². The molecule has 2 aromatic heterocycles. The fraction of sp³-hybridized carbons (Fsp3) is 0.296. The molecular formula is C27H28ClN7O6. The van der Waals surface area contributed by atoms with E-state index in [0.29, 0.717) is 46.3 Å². The summed E-state index contributed by atoms with van der Waals surface area (Å²) in [5.74, 6) is -0.694. The fourth-order valence-electron chi connectivity index (χ4n) is 4.50. The largest absolute Gasteiger partial charge is 0.483 e. The van der Waals surface area contributed by atoms with Crippen LogP contribution in [0.4, 0.5) is 5.82 Å². The van der Waals surface area contributed by atoms with Crippen LogP contribution in [-0.4, -0.2) is 73.0 Å². The Kier molecular flexibility index (Phi) is 8.59. The molecule has 0 saturated carbocycles. The molecule has 13 nitrogen and oxygen atoms in total. The molecule has 1 amide bonds. The first-order valence-corrected chi connectivity index (χ1v) is 13.1. The van der Waals surface area contributed by atoms with E-state index in [2.05, 4.69) is 25.6 Å². The first kappa shape index (κ1) is 28.2. The summed E-state index contributed by atoms with van der Waals surface area (Å²) >= 11 is 6.23. The van der Waals surface area contributed by atoms with Crippen LogP contribution in [0.2, 0.25) is 5.02 Å². The minimum Gasteiger partial charge on any atom is -0.483 e. The fourth-order valence-corrected chi connectivity index (χ4v) is 4.70. The molecule has 4 unspecified atom stereocenters. The van der Waals surface area contributed by atoms with E-state index in [1.165, 1.54) is 17.2 Å². The number of imidazole rings is 1. The number of fused-ring (bicyclic) bond motifs is 1. The van der Waals surface area contributed by atoms with Crippen molar-refractivity contribution in [3.05, 3.63) is 77.3 Å². The molecule has 0 radical (unpaired) electrons. The van der Waals surface area contributed by atoms with Crippen LogP contribution in [0.5, 0.6) is 5.75 Å². The maximum absolute atomic E-state index is 12.3. The minimum atomic E-state index is -1.38. The van der Waals surface area contributed by atoms with Crippen molar-refractivity contribution in [1.29, 1.82) is 0 Å². The molecule has 1 aliphatic heterocycles. The zero-order valence-electron chi connectivity index (χ0n) is 21.7. The molecule has 14 heteroatoms. The van der Waals surface area contributed by atoms with Gasteiger partial charge in [0.2, 0.25) is 0 Å². The first-order valence-electron chi connectivity index (χ1n) is 12.8. The van der Waals surface area contributed by atoms with Crippen LogP contribution in [0.1, 0.15) is 17.4 Å². The van der Waals surface area contributed by atoms with E-state index in [4.69, 9.17) is 26.8 Å². The Bertz CT molecular complexity index is 1540. The van der Waals surface area contributed by atoms with Crippen molar-refractivity contribution in [3.63, 3.8) is 0 Å². The number of hydrogen-bond acceptors (Lipinski definition) is 10. The quantitative estimate of drug-likeness (QED) is 0.173. The van der Waals surface area contributed by atoms with E-state index in [-0.39, 0.29) is 19.1 Å². The van der Waals surface area contributed by atoms with Gasteiger partial charge in [0.05, 0.1) is 12.4 Å². The molecule has 4 aromatic rings. The third-order valence-electron chi connectivity index (χ3n) is 6.60. The lowest BCUT2D eigenvalue weighted by atomic mass is 10.1. The van der Waals surface area contributed by atoms with E-state index < -0.39 is 30.4 Å². The molecule has 0 bridgehead atoms. The number of anilines is 1. The van der Waals surface area contributed by atoms with Crippen molar-refractivity contribution in [2.45, 2.75) is 37.4 Å². The number of carbonyl (C=O) groups is 2. The molecule has 6 N–H and O–H groups in total. The van der Waals surface area contributed by atoms with Gasteiger partial charge in [0.15, 0.2) is 35.9 Å². The molecule has 214 valence electrons. The predicted molar refractivity (Wildman–Crippen MR) is 148 cm³/mol. The number of amides is 1. The number of nitrogens with zero attached hydrogens (tertiary/aromatic N) is 4. The Morgan fingerprint density at radius 1 is 1.15 bits per heavy atom. The first-order chi connectivity index (χ1) is 19.8. The zero-order valence-corrected chi connectivity index (χ0v) is 22.4.